The standard InChI is InChI=1S/C15H20N2O7/c1-6-23-13-8-11(17(20)21)10(7-12(13)22-5)15(19)24-9(2)14(18)16(3)4/h7-9H,6H2,1-5H3/t9-/m0/s1. The number of esters is 1. The fraction of sp³-hybridized carbons (Fsp3) is 0.467. The molecule has 0 radical (unpaired) electrons. The summed E-state index contributed by atoms with van der Waals surface area (Å²) >= 11 is 0. The quantitative estimate of drug-likeness (QED) is 0.422. The molecule has 0 bridgehead atoms. The highest BCUT2D eigenvalue weighted by Gasteiger charge is 2.28. The molecule has 0 heterocycles. The Labute approximate surface area is 139 Å². The molecular weight excluding hydrogens is 320 g/mol. The molecule has 1 rings (SSSR count). The number of rotatable bonds is 7. The van der Waals surface area contributed by atoms with E-state index < -0.39 is 28.6 Å². The molecule has 0 saturated carbocycles. The summed E-state index contributed by atoms with van der Waals surface area (Å²) in [6.45, 7) is 3.37. The number of carbonyl (C=O) groups excluding carboxylic acids is 2. The first kappa shape index (κ1) is 19.2. The van der Waals surface area contributed by atoms with E-state index in [1.807, 2.05) is 0 Å². The van der Waals surface area contributed by atoms with E-state index in [-0.39, 0.29) is 23.7 Å². The monoisotopic (exact) mass is 340 g/mol. The van der Waals surface area contributed by atoms with Crippen LogP contribution in [0, 0.1) is 10.1 Å². The van der Waals surface area contributed by atoms with Gasteiger partial charge in [-0.05, 0) is 13.8 Å². The van der Waals surface area contributed by atoms with Crippen LogP contribution in [0.4, 0.5) is 5.69 Å². The number of amides is 1. The molecule has 24 heavy (non-hydrogen) atoms. The number of methoxy groups -OCH3 is 1. The molecule has 9 heteroatoms. The summed E-state index contributed by atoms with van der Waals surface area (Å²) in [5.41, 5.74) is -0.813. The van der Waals surface area contributed by atoms with Crippen LogP contribution in [-0.4, -0.2) is 55.6 Å². The molecule has 1 aromatic carbocycles. The number of nitro groups is 1. The predicted molar refractivity (Wildman–Crippen MR) is 84.4 cm³/mol. The van der Waals surface area contributed by atoms with E-state index in [0.29, 0.717) is 0 Å². The average Bonchev–Trinajstić information content (AvgIpc) is 2.53. The second kappa shape index (κ2) is 8.14. The zero-order valence-corrected chi connectivity index (χ0v) is 14.2. The molecule has 0 aliphatic carbocycles. The Bertz CT molecular complexity index is 643. The fourth-order valence-electron chi connectivity index (χ4n) is 1.93. The van der Waals surface area contributed by atoms with E-state index in [2.05, 4.69) is 0 Å². The summed E-state index contributed by atoms with van der Waals surface area (Å²) in [6.07, 6.45) is -1.08. The van der Waals surface area contributed by atoms with Gasteiger partial charge in [0.25, 0.3) is 11.6 Å². The smallest absolute Gasteiger partial charge is 0.346 e. The highest BCUT2D eigenvalue weighted by Crippen LogP contribution is 2.35. The van der Waals surface area contributed by atoms with Gasteiger partial charge in [-0.3, -0.25) is 14.9 Å². The Balaban J connectivity index is 3.23. The van der Waals surface area contributed by atoms with Crippen molar-refractivity contribution in [2.24, 2.45) is 0 Å². The van der Waals surface area contributed by atoms with Crippen LogP contribution < -0.4 is 9.47 Å². The van der Waals surface area contributed by atoms with Crippen LogP contribution in [0.1, 0.15) is 24.2 Å². The first-order valence-corrected chi connectivity index (χ1v) is 7.14. The van der Waals surface area contributed by atoms with Crippen LogP contribution >= 0.6 is 0 Å². The van der Waals surface area contributed by atoms with Gasteiger partial charge in [0, 0.05) is 20.2 Å². The largest absolute Gasteiger partial charge is 0.493 e. The molecule has 0 aromatic heterocycles. The van der Waals surface area contributed by atoms with Gasteiger partial charge in [-0.25, -0.2) is 4.79 Å². The summed E-state index contributed by atoms with van der Waals surface area (Å²) in [5.74, 6) is -1.14. The Hall–Kier alpha value is -2.84. The van der Waals surface area contributed by atoms with Gasteiger partial charge in [0.1, 0.15) is 5.56 Å². The third-order valence-electron chi connectivity index (χ3n) is 3.07. The van der Waals surface area contributed by atoms with E-state index in [0.717, 1.165) is 12.1 Å². The van der Waals surface area contributed by atoms with E-state index in [4.69, 9.17) is 14.2 Å². The van der Waals surface area contributed by atoms with Crippen molar-refractivity contribution < 1.29 is 28.7 Å². The first-order chi connectivity index (χ1) is 11.2. The number of nitro benzene ring substituents is 1. The lowest BCUT2D eigenvalue weighted by atomic mass is 10.1. The van der Waals surface area contributed by atoms with Gasteiger partial charge >= 0.3 is 5.97 Å². The highest BCUT2D eigenvalue weighted by atomic mass is 16.6. The Morgan fingerprint density at radius 2 is 1.92 bits per heavy atom. The van der Waals surface area contributed by atoms with Gasteiger partial charge in [-0.1, -0.05) is 0 Å². The van der Waals surface area contributed by atoms with Gasteiger partial charge in [0.2, 0.25) is 0 Å². The highest BCUT2D eigenvalue weighted by molar-refractivity contribution is 5.96. The summed E-state index contributed by atoms with van der Waals surface area (Å²) in [7, 11) is 4.36. The molecule has 0 saturated heterocycles. The minimum atomic E-state index is -1.08. The lowest BCUT2D eigenvalue weighted by Crippen LogP contribution is -2.35. The van der Waals surface area contributed by atoms with Gasteiger partial charge in [-0.15, -0.1) is 0 Å². The van der Waals surface area contributed by atoms with Crippen molar-refractivity contribution in [1.29, 1.82) is 0 Å². The van der Waals surface area contributed by atoms with Crippen LogP contribution in [0.2, 0.25) is 0 Å². The number of ether oxygens (including phenoxy) is 3. The number of benzene rings is 1. The van der Waals surface area contributed by atoms with Crippen LogP contribution in [0.5, 0.6) is 11.5 Å². The van der Waals surface area contributed by atoms with Crippen molar-refractivity contribution in [3.05, 3.63) is 27.8 Å². The number of likely N-dealkylation sites (N-methyl/N-ethyl adjacent to an activating group) is 1. The second-order valence-corrected chi connectivity index (χ2v) is 4.99. The van der Waals surface area contributed by atoms with E-state index in [1.54, 1.807) is 6.92 Å². The van der Waals surface area contributed by atoms with Crippen LogP contribution in [0.3, 0.4) is 0 Å². The predicted octanol–water partition coefficient (Wildman–Crippen LogP) is 1.64. The molecule has 0 aliphatic heterocycles. The number of nitrogens with zero attached hydrogens (tertiary/aromatic N) is 2. The maximum Gasteiger partial charge on any atom is 0.346 e. The third-order valence-corrected chi connectivity index (χ3v) is 3.07. The topological polar surface area (TPSA) is 108 Å². The van der Waals surface area contributed by atoms with Gasteiger partial charge in [0.05, 0.1) is 24.7 Å². The lowest BCUT2D eigenvalue weighted by molar-refractivity contribution is -0.385. The van der Waals surface area contributed by atoms with Crippen LogP contribution in [-0.2, 0) is 9.53 Å². The van der Waals surface area contributed by atoms with Gasteiger partial charge < -0.3 is 19.1 Å². The zero-order chi connectivity index (χ0) is 18.4. The van der Waals surface area contributed by atoms with Crippen molar-refractivity contribution in [3.8, 4) is 11.5 Å². The van der Waals surface area contributed by atoms with Crippen molar-refractivity contribution in [1.82, 2.24) is 4.90 Å². The molecule has 0 fully saturated rings. The Morgan fingerprint density at radius 3 is 2.38 bits per heavy atom. The van der Waals surface area contributed by atoms with E-state index in [1.165, 1.54) is 33.0 Å². The van der Waals surface area contributed by atoms with Crippen molar-refractivity contribution in [2.75, 3.05) is 27.8 Å². The first-order valence-electron chi connectivity index (χ1n) is 7.14. The van der Waals surface area contributed by atoms with Crippen molar-refractivity contribution in [3.63, 3.8) is 0 Å². The molecular formula is C15H20N2O7. The molecule has 132 valence electrons. The van der Waals surface area contributed by atoms with E-state index in [9.17, 15) is 19.7 Å². The molecule has 1 amide bonds. The average molecular weight is 340 g/mol. The summed E-state index contributed by atoms with van der Waals surface area (Å²) < 4.78 is 15.4. The van der Waals surface area contributed by atoms with Gasteiger partial charge in [0.15, 0.2) is 17.6 Å². The number of hydrogen-bond donors (Lipinski definition) is 0. The molecule has 0 unspecified atom stereocenters. The summed E-state index contributed by atoms with van der Waals surface area (Å²) in [5, 5.41) is 11.2. The molecule has 0 aliphatic rings. The molecule has 1 aromatic rings. The van der Waals surface area contributed by atoms with Crippen LogP contribution in [0.25, 0.3) is 0 Å². The molecule has 9 nitrogen and oxygen atoms in total. The Morgan fingerprint density at radius 1 is 1.29 bits per heavy atom. The van der Waals surface area contributed by atoms with E-state index >= 15 is 0 Å². The lowest BCUT2D eigenvalue weighted by Gasteiger charge is -2.17. The zero-order valence-electron chi connectivity index (χ0n) is 14.2. The fourth-order valence-corrected chi connectivity index (χ4v) is 1.93. The number of carbonyl (C=O) groups is 2. The van der Waals surface area contributed by atoms with Crippen molar-refractivity contribution in [2.45, 2.75) is 20.0 Å². The minimum absolute atomic E-state index is 0.140. The SMILES string of the molecule is CCOc1cc([N+](=O)[O-])c(C(=O)O[C@@H](C)C(=O)N(C)C)cc1OC. The normalized spacial score (nSPS) is 11.4. The van der Waals surface area contributed by atoms with Gasteiger partial charge in [-0.2, -0.15) is 0 Å². The maximum atomic E-state index is 12.3. The Kier molecular flexibility index (Phi) is 6.51. The van der Waals surface area contributed by atoms with Crippen LogP contribution in [0.15, 0.2) is 12.1 Å². The van der Waals surface area contributed by atoms with Crippen molar-refractivity contribution >= 4 is 17.6 Å². The molecule has 0 N–H and O–H groups in total. The summed E-state index contributed by atoms with van der Waals surface area (Å²) in [4.78, 5) is 35.8. The minimum Gasteiger partial charge on any atom is -0.493 e. The number of hydrogen-bond acceptors (Lipinski definition) is 7. The third kappa shape index (κ3) is 4.34. The molecule has 0 spiro atoms. The second-order valence-electron chi connectivity index (χ2n) is 4.99. The summed E-state index contributed by atoms with van der Waals surface area (Å²) in [6, 6.07) is 2.26. The maximum absolute atomic E-state index is 12.3. The molecule has 1 atom stereocenters.